The second-order valence-corrected chi connectivity index (χ2v) is 3.63. The fourth-order valence-electron chi connectivity index (χ4n) is 1.23. The van der Waals surface area contributed by atoms with Crippen LogP contribution in [0.5, 0.6) is 0 Å². The Morgan fingerprint density at radius 1 is 1.33 bits per heavy atom. The average Bonchev–Trinajstić information content (AvgIpc) is 2.11. The zero-order chi connectivity index (χ0) is 14.5. The molecule has 2 N–H and O–H groups in total. The van der Waals surface area contributed by atoms with Crippen LogP contribution in [0, 0.1) is 0 Å². The van der Waals surface area contributed by atoms with Crippen molar-refractivity contribution in [1.82, 2.24) is 10.2 Å². The van der Waals surface area contributed by atoms with E-state index in [4.69, 9.17) is 5.11 Å². The van der Waals surface area contributed by atoms with Crippen LogP contribution in [0.4, 0.5) is 13.2 Å². The summed E-state index contributed by atoms with van der Waals surface area (Å²) in [7, 11) is 0. The lowest BCUT2D eigenvalue weighted by atomic mass is 10.2. The van der Waals surface area contributed by atoms with Crippen LogP contribution in [-0.4, -0.2) is 53.1 Å². The number of hydrogen-bond donors (Lipinski definition) is 2. The zero-order valence-corrected chi connectivity index (χ0v) is 9.74. The van der Waals surface area contributed by atoms with Crippen LogP contribution in [0.1, 0.15) is 13.8 Å². The van der Waals surface area contributed by atoms with Gasteiger partial charge in [-0.3, -0.25) is 14.4 Å². The molecule has 0 saturated heterocycles. The van der Waals surface area contributed by atoms with Gasteiger partial charge < -0.3 is 15.3 Å². The van der Waals surface area contributed by atoms with Gasteiger partial charge in [-0.05, 0) is 6.92 Å². The van der Waals surface area contributed by atoms with Crippen molar-refractivity contribution in [3.63, 3.8) is 0 Å². The highest BCUT2D eigenvalue weighted by Gasteiger charge is 2.35. The maximum absolute atomic E-state index is 12.2. The van der Waals surface area contributed by atoms with Crippen LogP contribution in [0.3, 0.4) is 0 Å². The molecule has 0 aromatic carbocycles. The number of halogens is 3. The van der Waals surface area contributed by atoms with Crippen molar-refractivity contribution in [2.24, 2.45) is 0 Å². The molecule has 0 saturated carbocycles. The molecule has 0 bridgehead atoms. The minimum atomic E-state index is -4.71. The van der Waals surface area contributed by atoms with E-state index in [2.05, 4.69) is 5.32 Å². The lowest BCUT2D eigenvalue weighted by Crippen LogP contribution is -2.50. The van der Waals surface area contributed by atoms with E-state index in [0.29, 0.717) is 0 Å². The van der Waals surface area contributed by atoms with Gasteiger partial charge in [-0.25, -0.2) is 0 Å². The molecule has 18 heavy (non-hydrogen) atoms. The molecule has 2 amide bonds. The summed E-state index contributed by atoms with van der Waals surface area (Å²) in [5.41, 5.74) is 0. The molecule has 0 aliphatic carbocycles. The van der Waals surface area contributed by atoms with Gasteiger partial charge in [-0.1, -0.05) is 0 Å². The molecule has 0 radical (unpaired) electrons. The van der Waals surface area contributed by atoms with Crippen LogP contribution < -0.4 is 5.32 Å². The molecule has 0 fully saturated rings. The van der Waals surface area contributed by atoms with Crippen molar-refractivity contribution in [3.05, 3.63) is 0 Å². The van der Waals surface area contributed by atoms with E-state index in [1.54, 1.807) is 0 Å². The molecule has 0 aliphatic rings. The van der Waals surface area contributed by atoms with Crippen LogP contribution in [0.25, 0.3) is 0 Å². The van der Waals surface area contributed by atoms with Crippen molar-refractivity contribution in [3.8, 4) is 0 Å². The summed E-state index contributed by atoms with van der Waals surface area (Å²) in [6.45, 7) is -0.492. The summed E-state index contributed by atoms with van der Waals surface area (Å²) in [6, 6.07) is -1.22. The van der Waals surface area contributed by atoms with Crippen LogP contribution in [0.15, 0.2) is 0 Å². The number of carboxylic acid groups (broad SMARTS) is 1. The molecular weight excluding hydrogens is 257 g/mol. The van der Waals surface area contributed by atoms with E-state index in [-0.39, 0.29) is 4.90 Å². The average molecular weight is 270 g/mol. The largest absolute Gasteiger partial charge is 0.480 e. The Morgan fingerprint density at radius 2 is 1.83 bits per heavy atom. The van der Waals surface area contributed by atoms with Gasteiger partial charge in [0.1, 0.15) is 19.1 Å². The fourth-order valence-corrected chi connectivity index (χ4v) is 1.23. The molecule has 9 heteroatoms. The number of carboxylic acids is 1. The first kappa shape index (κ1) is 16.2. The van der Waals surface area contributed by atoms with Crippen molar-refractivity contribution in [2.75, 3.05) is 13.1 Å². The third-order valence-corrected chi connectivity index (χ3v) is 1.80. The number of nitrogens with zero attached hydrogens (tertiary/aromatic N) is 1. The summed E-state index contributed by atoms with van der Waals surface area (Å²) in [4.78, 5) is 32.7. The molecule has 104 valence electrons. The van der Waals surface area contributed by atoms with Gasteiger partial charge in [0.25, 0.3) is 0 Å². The third-order valence-electron chi connectivity index (χ3n) is 1.80. The first-order valence-corrected chi connectivity index (χ1v) is 4.87. The van der Waals surface area contributed by atoms with E-state index in [0.717, 1.165) is 6.92 Å². The maximum Gasteiger partial charge on any atom is 0.406 e. The number of carbonyl (C=O) groups is 3. The normalized spacial score (nSPS) is 12.7. The Balaban J connectivity index is 4.78. The highest BCUT2D eigenvalue weighted by Crippen LogP contribution is 2.16. The Morgan fingerprint density at radius 3 is 2.17 bits per heavy atom. The molecule has 0 aromatic rings. The summed E-state index contributed by atoms with van der Waals surface area (Å²) >= 11 is 0. The molecule has 0 aromatic heterocycles. The van der Waals surface area contributed by atoms with Gasteiger partial charge in [0.05, 0.1) is 0 Å². The van der Waals surface area contributed by atoms with Crippen molar-refractivity contribution >= 4 is 17.8 Å². The summed E-state index contributed by atoms with van der Waals surface area (Å²) < 4.78 is 36.5. The number of rotatable bonds is 5. The van der Waals surface area contributed by atoms with E-state index in [9.17, 15) is 27.6 Å². The number of alkyl halides is 3. The first-order chi connectivity index (χ1) is 8.03. The summed E-state index contributed by atoms with van der Waals surface area (Å²) in [5, 5.41) is 10.5. The van der Waals surface area contributed by atoms with Gasteiger partial charge >= 0.3 is 12.1 Å². The van der Waals surface area contributed by atoms with E-state index in [1.165, 1.54) is 6.92 Å². The van der Waals surface area contributed by atoms with Gasteiger partial charge in [-0.2, -0.15) is 13.2 Å². The molecule has 0 heterocycles. The molecule has 0 rings (SSSR count). The van der Waals surface area contributed by atoms with Crippen molar-refractivity contribution < 1.29 is 32.7 Å². The van der Waals surface area contributed by atoms with Crippen molar-refractivity contribution in [2.45, 2.75) is 26.1 Å². The second kappa shape index (κ2) is 6.22. The SMILES string of the molecule is CC(=O)NC(C)C(=O)N(CC(=O)O)CC(F)(F)F. The highest BCUT2D eigenvalue weighted by atomic mass is 19.4. The molecule has 1 unspecified atom stereocenters. The highest BCUT2D eigenvalue weighted by molar-refractivity contribution is 5.88. The predicted octanol–water partition coefficient (Wildman–Crippen LogP) is -0.0135. The van der Waals surface area contributed by atoms with Crippen LogP contribution in [-0.2, 0) is 14.4 Å². The van der Waals surface area contributed by atoms with Gasteiger partial charge in [0, 0.05) is 6.92 Å². The van der Waals surface area contributed by atoms with Crippen molar-refractivity contribution in [1.29, 1.82) is 0 Å². The first-order valence-electron chi connectivity index (χ1n) is 4.87. The smallest absolute Gasteiger partial charge is 0.406 e. The lowest BCUT2D eigenvalue weighted by molar-refractivity contribution is -0.166. The summed E-state index contributed by atoms with van der Waals surface area (Å²) in [5.74, 6) is -3.27. The van der Waals surface area contributed by atoms with Gasteiger partial charge in [-0.15, -0.1) is 0 Å². The number of hydrogen-bond acceptors (Lipinski definition) is 3. The lowest BCUT2D eigenvalue weighted by Gasteiger charge is -2.25. The molecular formula is C9H13F3N2O4. The van der Waals surface area contributed by atoms with E-state index >= 15 is 0 Å². The Bertz CT molecular complexity index is 343. The quantitative estimate of drug-likeness (QED) is 0.735. The van der Waals surface area contributed by atoms with E-state index < -0.39 is 43.1 Å². The van der Waals surface area contributed by atoms with E-state index in [1.807, 2.05) is 0 Å². The minimum absolute atomic E-state index is 0.128. The number of amides is 2. The molecule has 0 aliphatic heterocycles. The minimum Gasteiger partial charge on any atom is -0.480 e. The standard InChI is InChI=1S/C9H13F3N2O4/c1-5(13-6(2)15)8(18)14(3-7(16)17)4-9(10,11)12/h5H,3-4H2,1-2H3,(H,13,15)(H,16,17). The Kier molecular flexibility index (Phi) is 5.60. The predicted molar refractivity (Wildman–Crippen MR) is 53.5 cm³/mol. The Hall–Kier alpha value is -1.80. The number of nitrogens with one attached hydrogen (secondary N) is 1. The van der Waals surface area contributed by atoms with Crippen LogP contribution >= 0.6 is 0 Å². The molecule has 0 spiro atoms. The van der Waals surface area contributed by atoms with Gasteiger partial charge in [0.2, 0.25) is 11.8 Å². The summed E-state index contributed by atoms with van der Waals surface area (Å²) in [6.07, 6.45) is -4.71. The topological polar surface area (TPSA) is 86.7 Å². The molecule has 1 atom stereocenters. The number of aliphatic carboxylic acids is 1. The Labute approximate surface area is 101 Å². The maximum atomic E-state index is 12.2. The van der Waals surface area contributed by atoms with Gasteiger partial charge in [0.15, 0.2) is 0 Å². The molecule has 6 nitrogen and oxygen atoms in total. The number of carbonyl (C=O) groups excluding carboxylic acids is 2. The third kappa shape index (κ3) is 6.71. The monoisotopic (exact) mass is 270 g/mol. The van der Waals surface area contributed by atoms with Crippen LogP contribution in [0.2, 0.25) is 0 Å². The fraction of sp³-hybridized carbons (Fsp3) is 0.667. The zero-order valence-electron chi connectivity index (χ0n) is 9.74. The second-order valence-electron chi connectivity index (χ2n) is 3.63.